The summed E-state index contributed by atoms with van der Waals surface area (Å²) in [5.74, 6) is 0. The van der Waals surface area contributed by atoms with Crippen LogP contribution in [0.5, 0.6) is 0 Å². The fourth-order valence-corrected chi connectivity index (χ4v) is 1.84. The van der Waals surface area contributed by atoms with Crippen molar-refractivity contribution in [2.75, 3.05) is 11.9 Å². The molecule has 0 radical (unpaired) electrons. The number of pyridine rings is 1. The Balaban J connectivity index is 2.46. The Morgan fingerprint density at radius 3 is 2.89 bits per heavy atom. The van der Waals surface area contributed by atoms with E-state index in [1.165, 1.54) is 0 Å². The highest BCUT2D eigenvalue weighted by atomic mass is 16.6. The van der Waals surface area contributed by atoms with Crippen LogP contribution in [0.1, 0.15) is 13.8 Å². The molecule has 0 spiro atoms. The minimum absolute atomic E-state index is 0.0766. The molecule has 0 saturated carbocycles. The molecule has 0 unspecified atom stereocenters. The van der Waals surface area contributed by atoms with E-state index in [1.807, 2.05) is 19.9 Å². The standard InChI is InChI=1S/C14H15N3O2/c1-10(2)7-9-16-13-6-5-12-11(4-3-8-15-12)14(13)17(18)19/h3-8,16H,9H2,1-2H3. The van der Waals surface area contributed by atoms with Crippen LogP contribution in [0.2, 0.25) is 0 Å². The highest BCUT2D eigenvalue weighted by Crippen LogP contribution is 2.32. The van der Waals surface area contributed by atoms with E-state index in [0.29, 0.717) is 23.1 Å². The summed E-state index contributed by atoms with van der Waals surface area (Å²) in [6, 6.07) is 6.90. The zero-order chi connectivity index (χ0) is 13.8. The summed E-state index contributed by atoms with van der Waals surface area (Å²) in [7, 11) is 0. The fourth-order valence-electron chi connectivity index (χ4n) is 1.84. The SMILES string of the molecule is CC(C)=CCNc1ccc2ncccc2c1[N+](=O)[O-]. The van der Waals surface area contributed by atoms with Crippen molar-refractivity contribution < 1.29 is 4.92 Å². The van der Waals surface area contributed by atoms with Crippen LogP contribution in [0.25, 0.3) is 10.9 Å². The van der Waals surface area contributed by atoms with Crippen LogP contribution >= 0.6 is 0 Å². The van der Waals surface area contributed by atoms with Gasteiger partial charge in [0.05, 0.1) is 15.8 Å². The molecule has 1 N–H and O–H groups in total. The number of nitro benzene ring substituents is 1. The number of nitrogens with one attached hydrogen (secondary N) is 1. The van der Waals surface area contributed by atoms with Gasteiger partial charge in [0.2, 0.25) is 0 Å². The lowest BCUT2D eigenvalue weighted by Crippen LogP contribution is -2.03. The Labute approximate surface area is 111 Å². The quantitative estimate of drug-likeness (QED) is 0.517. The summed E-state index contributed by atoms with van der Waals surface area (Å²) in [5.41, 5.74) is 2.38. The molecule has 0 aliphatic carbocycles. The van der Waals surface area contributed by atoms with Gasteiger partial charge in [-0.25, -0.2) is 0 Å². The van der Waals surface area contributed by atoms with Gasteiger partial charge in [-0.3, -0.25) is 15.1 Å². The van der Waals surface area contributed by atoms with Gasteiger partial charge in [0, 0.05) is 12.7 Å². The number of aromatic nitrogens is 1. The number of rotatable bonds is 4. The number of allylic oxidation sites excluding steroid dienone is 1. The molecule has 5 nitrogen and oxygen atoms in total. The van der Waals surface area contributed by atoms with Crippen molar-refractivity contribution >= 4 is 22.3 Å². The van der Waals surface area contributed by atoms with Crippen LogP contribution in [0.4, 0.5) is 11.4 Å². The average Bonchev–Trinajstić information content (AvgIpc) is 2.37. The third-order valence-electron chi connectivity index (χ3n) is 2.74. The molecule has 0 bridgehead atoms. The van der Waals surface area contributed by atoms with E-state index in [9.17, 15) is 10.1 Å². The number of nitrogens with zero attached hydrogens (tertiary/aromatic N) is 2. The smallest absolute Gasteiger partial charge is 0.301 e. The Morgan fingerprint density at radius 1 is 1.42 bits per heavy atom. The molecule has 5 heteroatoms. The van der Waals surface area contributed by atoms with Gasteiger partial charge in [-0.1, -0.05) is 11.6 Å². The molecule has 1 heterocycles. The monoisotopic (exact) mass is 257 g/mol. The second-order valence-corrected chi connectivity index (χ2v) is 4.45. The maximum Gasteiger partial charge on any atom is 0.301 e. The molecule has 2 rings (SSSR count). The summed E-state index contributed by atoms with van der Waals surface area (Å²) in [6.07, 6.45) is 3.61. The van der Waals surface area contributed by atoms with E-state index in [2.05, 4.69) is 10.3 Å². The van der Waals surface area contributed by atoms with E-state index < -0.39 is 0 Å². The molecular weight excluding hydrogens is 242 g/mol. The van der Waals surface area contributed by atoms with Crippen molar-refractivity contribution in [3.8, 4) is 0 Å². The number of hydrogen-bond acceptors (Lipinski definition) is 4. The first-order valence-corrected chi connectivity index (χ1v) is 5.99. The second kappa shape index (κ2) is 5.48. The van der Waals surface area contributed by atoms with Crippen molar-refractivity contribution in [1.82, 2.24) is 4.98 Å². The van der Waals surface area contributed by atoms with Gasteiger partial charge in [-0.15, -0.1) is 0 Å². The Kier molecular flexibility index (Phi) is 3.75. The molecule has 98 valence electrons. The predicted octanol–water partition coefficient (Wildman–Crippen LogP) is 3.52. The van der Waals surface area contributed by atoms with Crippen LogP contribution in [0.15, 0.2) is 42.1 Å². The number of anilines is 1. The Morgan fingerprint density at radius 2 is 2.21 bits per heavy atom. The van der Waals surface area contributed by atoms with Gasteiger partial charge in [-0.05, 0) is 38.1 Å². The van der Waals surface area contributed by atoms with Crippen molar-refractivity contribution in [1.29, 1.82) is 0 Å². The zero-order valence-electron chi connectivity index (χ0n) is 10.9. The van der Waals surface area contributed by atoms with E-state index >= 15 is 0 Å². The third-order valence-corrected chi connectivity index (χ3v) is 2.74. The molecular formula is C14H15N3O2. The first kappa shape index (κ1) is 13.0. The first-order chi connectivity index (χ1) is 9.09. The van der Waals surface area contributed by atoms with E-state index in [-0.39, 0.29) is 10.6 Å². The predicted molar refractivity (Wildman–Crippen MR) is 76.3 cm³/mol. The molecule has 0 atom stereocenters. The highest BCUT2D eigenvalue weighted by Gasteiger charge is 2.18. The van der Waals surface area contributed by atoms with Crippen molar-refractivity contribution in [3.05, 3.63) is 52.2 Å². The molecule has 0 saturated heterocycles. The van der Waals surface area contributed by atoms with Gasteiger partial charge in [0.1, 0.15) is 5.69 Å². The Bertz CT molecular complexity index is 646. The van der Waals surface area contributed by atoms with Crippen LogP contribution in [0.3, 0.4) is 0 Å². The summed E-state index contributed by atoms with van der Waals surface area (Å²) >= 11 is 0. The fraction of sp³-hybridized carbons (Fsp3) is 0.214. The van der Waals surface area contributed by atoms with Gasteiger partial charge >= 0.3 is 5.69 Å². The zero-order valence-corrected chi connectivity index (χ0v) is 10.9. The van der Waals surface area contributed by atoms with Crippen LogP contribution in [-0.2, 0) is 0 Å². The molecule has 0 fully saturated rings. The number of nitro groups is 1. The van der Waals surface area contributed by atoms with E-state index in [0.717, 1.165) is 5.57 Å². The summed E-state index contributed by atoms with van der Waals surface area (Å²) in [5, 5.41) is 14.9. The van der Waals surface area contributed by atoms with Crippen LogP contribution < -0.4 is 5.32 Å². The molecule has 1 aromatic heterocycles. The minimum Gasteiger partial charge on any atom is -0.376 e. The molecule has 0 amide bonds. The van der Waals surface area contributed by atoms with Crippen molar-refractivity contribution in [3.63, 3.8) is 0 Å². The molecule has 0 aliphatic heterocycles. The van der Waals surface area contributed by atoms with Gasteiger partial charge < -0.3 is 5.32 Å². The second-order valence-electron chi connectivity index (χ2n) is 4.45. The minimum atomic E-state index is -0.366. The van der Waals surface area contributed by atoms with Gasteiger partial charge in [-0.2, -0.15) is 0 Å². The van der Waals surface area contributed by atoms with Gasteiger partial charge in [0.15, 0.2) is 0 Å². The molecule has 2 aromatic rings. The number of fused-ring (bicyclic) bond motifs is 1. The van der Waals surface area contributed by atoms with Gasteiger partial charge in [0.25, 0.3) is 0 Å². The van der Waals surface area contributed by atoms with Crippen molar-refractivity contribution in [2.24, 2.45) is 0 Å². The number of hydrogen-bond donors (Lipinski definition) is 1. The largest absolute Gasteiger partial charge is 0.376 e. The molecule has 19 heavy (non-hydrogen) atoms. The summed E-state index contributed by atoms with van der Waals surface area (Å²) < 4.78 is 0. The van der Waals surface area contributed by atoms with E-state index in [1.54, 1.807) is 30.5 Å². The number of benzene rings is 1. The lowest BCUT2D eigenvalue weighted by atomic mass is 10.1. The lowest BCUT2D eigenvalue weighted by molar-refractivity contribution is -0.382. The topological polar surface area (TPSA) is 68.1 Å². The van der Waals surface area contributed by atoms with Crippen molar-refractivity contribution in [2.45, 2.75) is 13.8 Å². The normalized spacial score (nSPS) is 10.2. The summed E-state index contributed by atoms with van der Waals surface area (Å²) in [4.78, 5) is 15.0. The highest BCUT2D eigenvalue weighted by molar-refractivity contribution is 5.94. The molecule has 0 aliphatic rings. The van der Waals surface area contributed by atoms with Crippen LogP contribution in [0, 0.1) is 10.1 Å². The summed E-state index contributed by atoms with van der Waals surface area (Å²) in [6.45, 7) is 4.54. The maximum absolute atomic E-state index is 11.3. The first-order valence-electron chi connectivity index (χ1n) is 5.99. The van der Waals surface area contributed by atoms with E-state index in [4.69, 9.17) is 0 Å². The van der Waals surface area contributed by atoms with Crippen LogP contribution in [-0.4, -0.2) is 16.5 Å². The third kappa shape index (κ3) is 2.88. The lowest BCUT2D eigenvalue weighted by Gasteiger charge is -2.07. The average molecular weight is 257 g/mol. The molecule has 1 aromatic carbocycles. The maximum atomic E-state index is 11.3. The Hall–Kier alpha value is -2.43.